The van der Waals surface area contributed by atoms with Gasteiger partial charge >= 0.3 is 5.97 Å². The molecule has 0 bridgehead atoms. The Morgan fingerprint density at radius 2 is 2.15 bits per heavy atom. The van der Waals surface area contributed by atoms with E-state index in [-0.39, 0.29) is 17.9 Å². The van der Waals surface area contributed by atoms with E-state index >= 15 is 0 Å². The fraction of sp³-hybridized carbons (Fsp3) is 0.467. The van der Waals surface area contributed by atoms with Crippen molar-refractivity contribution in [2.75, 3.05) is 13.7 Å². The number of nitrogens with zero attached hydrogens (tertiary/aromatic N) is 1. The zero-order valence-electron chi connectivity index (χ0n) is 11.9. The molecule has 1 aliphatic rings. The van der Waals surface area contributed by atoms with Crippen molar-refractivity contribution in [3.63, 3.8) is 0 Å². The van der Waals surface area contributed by atoms with Gasteiger partial charge in [0, 0.05) is 25.6 Å². The third kappa shape index (κ3) is 3.17. The van der Waals surface area contributed by atoms with Gasteiger partial charge in [0.25, 0.3) is 0 Å². The molecular weight excluding hydrogens is 256 g/mol. The van der Waals surface area contributed by atoms with Crippen LogP contribution in [0.15, 0.2) is 18.2 Å². The second kappa shape index (κ2) is 6.05. The van der Waals surface area contributed by atoms with Gasteiger partial charge in [-0.3, -0.25) is 4.79 Å². The summed E-state index contributed by atoms with van der Waals surface area (Å²) < 4.78 is 4.72. The molecule has 1 atom stereocenters. The van der Waals surface area contributed by atoms with E-state index in [1.54, 1.807) is 11.0 Å². The summed E-state index contributed by atoms with van der Waals surface area (Å²) in [7, 11) is 1.36. The van der Waals surface area contributed by atoms with E-state index in [0.717, 1.165) is 12.0 Å². The van der Waals surface area contributed by atoms with E-state index in [4.69, 9.17) is 10.5 Å². The van der Waals surface area contributed by atoms with E-state index < -0.39 is 0 Å². The number of hydrogen-bond acceptors (Lipinski definition) is 4. The highest BCUT2D eigenvalue weighted by atomic mass is 16.5. The van der Waals surface area contributed by atoms with Crippen LogP contribution in [0.4, 0.5) is 0 Å². The number of methoxy groups -OCH3 is 1. The van der Waals surface area contributed by atoms with Crippen LogP contribution in [-0.2, 0) is 22.5 Å². The minimum absolute atomic E-state index is 0.0640. The van der Waals surface area contributed by atoms with E-state index in [2.05, 4.69) is 0 Å². The summed E-state index contributed by atoms with van der Waals surface area (Å²) in [5.74, 6) is -0.291. The summed E-state index contributed by atoms with van der Waals surface area (Å²) in [6.45, 7) is 3.06. The molecular formula is C15H20N2O3. The SMILES string of the molecule is COC(=O)c1ccc2c(c1)CN(C(=O)CC(C)N)CC2. The molecule has 5 heteroatoms. The van der Waals surface area contributed by atoms with Gasteiger partial charge < -0.3 is 15.4 Å². The number of ether oxygens (including phenoxy) is 1. The predicted octanol–water partition coefficient (Wildman–Crippen LogP) is 1.10. The molecule has 1 unspecified atom stereocenters. The molecule has 108 valence electrons. The number of nitrogens with two attached hydrogens (primary N) is 1. The number of fused-ring (bicyclic) bond motifs is 1. The minimum Gasteiger partial charge on any atom is -0.465 e. The van der Waals surface area contributed by atoms with Gasteiger partial charge in [-0.05, 0) is 36.6 Å². The van der Waals surface area contributed by atoms with Crippen LogP contribution in [0.2, 0.25) is 0 Å². The summed E-state index contributed by atoms with van der Waals surface area (Å²) in [6.07, 6.45) is 1.16. The molecule has 5 nitrogen and oxygen atoms in total. The quantitative estimate of drug-likeness (QED) is 0.839. The van der Waals surface area contributed by atoms with Gasteiger partial charge in [-0.2, -0.15) is 0 Å². The van der Waals surface area contributed by atoms with Crippen molar-refractivity contribution < 1.29 is 14.3 Å². The molecule has 1 aromatic carbocycles. The molecule has 0 spiro atoms. The monoisotopic (exact) mass is 276 g/mol. The maximum Gasteiger partial charge on any atom is 0.337 e. The molecule has 1 aromatic rings. The van der Waals surface area contributed by atoms with Crippen molar-refractivity contribution in [3.05, 3.63) is 34.9 Å². The molecule has 0 aromatic heterocycles. The molecule has 1 amide bonds. The zero-order valence-corrected chi connectivity index (χ0v) is 11.9. The molecule has 0 saturated heterocycles. The molecule has 0 aliphatic carbocycles. The summed E-state index contributed by atoms with van der Waals surface area (Å²) in [5.41, 5.74) is 8.38. The normalized spacial score (nSPS) is 15.4. The molecule has 0 radical (unpaired) electrons. The Labute approximate surface area is 118 Å². The Kier molecular flexibility index (Phi) is 4.39. The van der Waals surface area contributed by atoms with Gasteiger partial charge in [0.05, 0.1) is 12.7 Å². The van der Waals surface area contributed by atoms with Crippen LogP contribution < -0.4 is 5.73 Å². The summed E-state index contributed by atoms with van der Waals surface area (Å²) in [5, 5.41) is 0. The number of esters is 1. The van der Waals surface area contributed by atoms with Gasteiger partial charge in [-0.25, -0.2) is 4.79 Å². The largest absolute Gasteiger partial charge is 0.465 e. The maximum atomic E-state index is 12.0. The minimum atomic E-state index is -0.355. The standard InChI is InChI=1S/C15H20N2O3/c1-10(16)7-14(18)17-6-5-11-3-4-12(15(19)20-2)8-13(11)9-17/h3-4,8,10H,5-7,9,16H2,1-2H3. The Bertz CT molecular complexity index is 526. The van der Waals surface area contributed by atoms with Crippen molar-refractivity contribution in [2.45, 2.75) is 32.4 Å². The average molecular weight is 276 g/mol. The number of amides is 1. The highest BCUT2D eigenvalue weighted by Crippen LogP contribution is 2.21. The van der Waals surface area contributed by atoms with Crippen molar-refractivity contribution in [2.24, 2.45) is 5.73 Å². The number of carbonyl (C=O) groups is 2. The summed E-state index contributed by atoms with van der Waals surface area (Å²) in [4.78, 5) is 25.4. The Hall–Kier alpha value is -1.88. The highest BCUT2D eigenvalue weighted by Gasteiger charge is 2.22. The predicted molar refractivity (Wildman–Crippen MR) is 75.2 cm³/mol. The van der Waals surface area contributed by atoms with Crippen molar-refractivity contribution >= 4 is 11.9 Å². The lowest BCUT2D eigenvalue weighted by molar-refractivity contribution is -0.132. The average Bonchev–Trinajstić information content (AvgIpc) is 2.44. The van der Waals surface area contributed by atoms with E-state index in [9.17, 15) is 9.59 Å². The lowest BCUT2D eigenvalue weighted by Crippen LogP contribution is -2.38. The van der Waals surface area contributed by atoms with Gasteiger partial charge in [-0.1, -0.05) is 6.07 Å². The Morgan fingerprint density at radius 1 is 1.40 bits per heavy atom. The Balaban J connectivity index is 2.15. The molecule has 2 rings (SSSR count). The molecule has 20 heavy (non-hydrogen) atoms. The molecule has 0 fully saturated rings. The van der Waals surface area contributed by atoms with Crippen LogP contribution in [0.3, 0.4) is 0 Å². The van der Waals surface area contributed by atoms with Crippen molar-refractivity contribution in [3.8, 4) is 0 Å². The number of benzene rings is 1. The summed E-state index contributed by atoms with van der Waals surface area (Å²) in [6, 6.07) is 5.39. The van der Waals surface area contributed by atoms with Crippen LogP contribution in [0, 0.1) is 0 Å². The molecule has 1 heterocycles. The zero-order chi connectivity index (χ0) is 14.7. The third-order valence-corrected chi connectivity index (χ3v) is 3.49. The first-order valence-corrected chi connectivity index (χ1v) is 6.74. The maximum absolute atomic E-state index is 12.0. The topological polar surface area (TPSA) is 72.6 Å². The van der Waals surface area contributed by atoms with Gasteiger partial charge in [0.1, 0.15) is 0 Å². The van der Waals surface area contributed by atoms with Gasteiger partial charge in [0.15, 0.2) is 0 Å². The van der Waals surface area contributed by atoms with Crippen LogP contribution in [-0.4, -0.2) is 36.5 Å². The van der Waals surface area contributed by atoms with Gasteiger partial charge in [-0.15, -0.1) is 0 Å². The Morgan fingerprint density at radius 3 is 2.80 bits per heavy atom. The summed E-state index contributed by atoms with van der Waals surface area (Å²) >= 11 is 0. The lowest BCUT2D eigenvalue weighted by atomic mass is 9.97. The van der Waals surface area contributed by atoms with Gasteiger partial charge in [0.2, 0.25) is 5.91 Å². The molecule has 0 saturated carbocycles. The van der Waals surface area contributed by atoms with Crippen molar-refractivity contribution in [1.82, 2.24) is 4.90 Å². The van der Waals surface area contributed by atoms with E-state index in [0.29, 0.717) is 25.1 Å². The fourth-order valence-corrected chi connectivity index (χ4v) is 2.42. The van der Waals surface area contributed by atoms with E-state index in [1.807, 2.05) is 19.1 Å². The van der Waals surface area contributed by atoms with Crippen LogP contribution in [0.5, 0.6) is 0 Å². The second-order valence-electron chi connectivity index (χ2n) is 5.22. The molecule has 2 N–H and O–H groups in total. The number of rotatable bonds is 3. The van der Waals surface area contributed by atoms with Crippen LogP contribution in [0.25, 0.3) is 0 Å². The van der Waals surface area contributed by atoms with E-state index in [1.165, 1.54) is 12.7 Å². The van der Waals surface area contributed by atoms with Crippen molar-refractivity contribution in [1.29, 1.82) is 0 Å². The highest BCUT2D eigenvalue weighted by molar-refractivity contribution is 5.89. The fourth-order valence-electron chi connectivity index (χ4n) is 2.42. The smallest absolute Gasteiger partial charge is 0.337 e. The van der Waals surface area contributed by atoms with Crippen LogP contribution >= 0.6 is 0 Å². The first-order valence-electron chi connectivity index (χ1n) is 6.74. The number of carbonyl (C=O) groups excluding carboxylic acids is 2. The third-order valence-electron chi connectivity index (χ3n) is 3.49. The first kappa shape index (κ1) is 14.5. The number of hydrogen-bond donors (Lipinski definition) is 1. The second-order valence-corrected chi connectivity index (χ2v) is 5.22. The van der Waals surface area contributed by atoms with Crippen LogP contribution in [0.1, 0.15) is 34.8 Å². The lowest BCUT2D eigenvalue weighted by Gasteiger charge is -2.29. The first-order chi connectivity index (χ1) is 9.51. The molecule has 1 aliphatic heterocycles.